The van der Waals surface area contributed by atoms with Crippen LogP contribution in [-0.4, -0.2) is 65.7 Å². The topological polar surface area (TPSA) is 149 Å². The third-order valence-corrected chi connectivity index (χ3v) is 10.4. The molecule has 314 valence electrons. The van der Waals surface area contributed by atoms with E-state index >= 15 is 0 Å². The lowest BCUT2D eigenvalue weighted by Crippen LogP contribution is -2.29. The van der Waals surface area contributed by atoms with Gasteiger partial charge in [0.2, 0.25) is 0 Å². The van der Waals surface area contributed by atoms with Crippen LogP contribution >= 0.6 is 7.82 Å². The first kappa shape index (κ1) is 51.7. The first-order chi connectivity index (χ1) is 25.7. The minimum Gasteiger partial charge on any atom is -0.462 e. The predicted octanol–water partition coefficient (Wildman–Crippen LogP) is 11.2. The minimum absolute atomic E-state index is 0.178. The third kappa shape index (κ3) is 38.8. The van der Waals surface area contributed by atoms with Crippen LogP contribution in [0.2, 0.25) is 0 Å². The molecular formula is C42H81O10P. The van der Waals surface area contributed by atoms with E-state index in [4.69, 9.17) is 19.1 Å². The van der Waals surface area contributed by atoms with Gasteiger partial charge in [0.15, 0.2) is 6.10 Å². The van der Waals surface area contributed by atoms with Gasteiger partial charge in [-0.25, -0.2) is 4.57 Å². The van der Waals surface area contributed by atoms with Gasteiger partial charge in [0.1, 0.15) is 12.7 Å². The molecule has 11 heteroatoms. The maximum Gasteiger partial charge on any atom is 0.472 e. The fraction of sp³-hybridized carbons (Fsp3) is 0.905. The predicted molar refractivity (Wildman–Crippen MR) is 215 cm³/mol. The van der Waals surface area contributed by atoms with Gasteiger partial charge >= 0.3 is 19.8 Å². The molecule has 0 fully saturated rings. The van der Waals surface area contributed by atoms with Crippen LogP contribution in [-0.2, 0) is 32.7 Å². The van der Waals surface area contributed by atoms with E-state index in [1.807, 2.05) is 0 Å². The number of allylic oxidation sites excluding steroid dienone is 2. The molecular weight excluding hydrogens is 695 g/mol. The highest BCUT2D eigenvalue weighted by molar-refractivity contribution is 7.47. The second-order valence-electron chi connectivity index (χ2n) is 14.7. The van der Waals surface area contributed by atoms with Crippen LogP contribution in [0.3, 0.4) is 0 Å². The standard InChI is InChI=1S/C42H81O10P/c1-3-5-7-9-11-13-15-17-18-19-20-22-23-25-27-29-31-33-41(45)49-37-40(38-51-53(47,48)50-36-39(44)35-43)52-42(46)34-32-30-28-26-24-21-16-14-12-10-8-6-4-2/h14,16,39-40,43-44H,3-13,15,17-38H2,1-2H3,(H,47,48)/b16-14-. The molecule has 3 atom stereocenters. The first-order valence-electron chi connectivity index (χ1n) is 21.6. The van der Waals surface area contributed by atoms with Crippen molar-refractivity contribution in [1.82, 2.24) is 0 Å². The van der Waals surface area contributed by atoms with Crippen molar-refractivity contribution in [2.24, 2.45) is 0 Å². The quantitative estimate of drug-likeness (QED) is 0.0237. The molecule has 10 nitrogen and oxygen atoms in total. The largest absolute Gasteiger partial charge is 0.472 e. The second kappa shape index (κ2) is 39.0. The fourth-order valence-corrected chi connectivity index (χ4v) is 6.84. The summed E-state index contributed by atoms with van der Waals surface area (Å²) in [7, 11) is -4.61. The fourth-order valence-electron chi connectivity index (χ4n) is 6.05. The number of rotatable bonds is 41. The number of aliphatic hydroxyl groups excluding tert-OH is 2. The Morgan fingerprint density at radius 2 is 0.925 bits per heavy atom. The molecule has 0 aromatic heterocycles. The summed E-state index contributed by atoms with van der Waals surface area (Å²) in [5.74, 6) is -0.925. The summed E-state index contributed by atoms with van der Waals surface area (Å²) in [5, 5.41) is 18.3. The van der Waals surface area contributed by atoms with Crippen molar-refractivity contribution in [3.8, 4) is 0 Å². The smallest absolute Gasteiger partial charge is 0.462 e. The number of esters is 2. The van der Waals surface area contributed by atoms with E-state index in [9.17, 15) is 24.2 Å². The van der Waals surface area contributed by atoms with E-state index in [-0.39, 0.29) is 19.4 Å². The van der Waals surface area contributed by atoms with Gasteiger partial charge in [-0.3, -0.25) is 18.6 Å². The van der Waals surface area contributed by atoms with Crippen molar-refractivity contribution in [1.29, 1.82) is 0 Å². The Hall–Kier alpha value is -1.29. The lowest BCUT2D eigenvalue weighted by molar-refractivity contribution is -0.161. The van der Waals surface area contributed by atoms with Crippen LogP contribution in [0.15, 0.2) is 12.2 Å². The molecule has 0 aliphatic carbocycles. The van der Waals surface area contributed by atoms with Gasteiger partial charge in [0, 0.05) is 12.8 Å². The first-order valence-corrected chi connectivity index (χ1v) is 23.1. The number of aliphatic hydroxyl groups is 2. The van der Waals surface area contributed by atoms with Crippen LogP contribution < -0.4 is 0 Å². The normalized spacial score (nSPS) is 14.0. The van der Waals surface area contributed by atoms with E-state index in [1.165, 1.54) is 109 Å². The highest BCUT2D eigenvalue weighted by Gasteiger charge is 2.27. The summed E-state index contributed by atoms with van der Waals surface area (Å²) in [6, 6.07) is 0. The molecule has 3 N–H and O–H groups in total. The van der Waals surface area contributed by atoms with Gasteiger partial charge in [-0.1, -0.05) is 167 Å². The Morgan fingerprint density at radius 3 is 1.38 bits per heavy atom. The van der Waals surface area contributed by atoms with Gasteiger partial charge in [-0.05, 0) is 38.5 Å². The van der Waals surface area contributed by atoms with Crippen molar-refractivity contribution in [2.45, 2.75) is 219 Å². The molecule has 0 spiro atoms. The molecule has 0 amide bonds. The number of phosphoric ester groups is 1. The Kier molecular flexibility index (Phi) is 38.0. The van der Waals surface area contributed by atoms with Crippen LogP contribution in [0, 0.1) is 0 Å². The number of hydrogen-bond acceptors (Lipinski definition) is 9. The highest BCUT2D eigenvalue weighted by atomic mass is 31.2. The second-order valence-corrected chi connectivity index (χ2v) is 16.2. The van der Waals surface area contributed by atoms with E-state index in [0.29, 0.717) is 12.8 Å². The number of carbonyl (C=O) groups excluding carboxylic acids is 2. The number of ether oxygens (including phenoxy) is 2. The summed E-state index contributed by atoms with van der Waals surface area (Å²) in [6.45, 7) is 2.38. The Labute approximate surface area is 324 Å². The minimum atomic E-state index is -4.61. The summed E-state index contributed by atoms with van der Waals surface area (Å²) in [5.41, 5.74) is 0. The number of hydrogen-bond donors (Lipinski definition) is 3. The molecule has 53 heavy (non-hydrogen) atoms. The zero-order valence-electron chi connectivity index (χ0n) is 34.0. The van der Waals surface area contributed by atoms with Gasteiger partial charge < -0.3 is 24.6 Å². The number of carbonyl (C=O) groups is 2. The third-order valence-electron chi connectivity index (χ3n) is 9.42. The van der Waals surface area contributed by atoms with E-state index in [1.54, 1.807) is 0 Å². The van der Waals surface area contributed by atoms with Crippen molar-refractivity contribution in [2.75, 3.05) is 26.4 Å². The van der Waals surface area contributed by atoms with Gasteiger partial charge in [0.25, 0.3) is 0 Å². The summed E-state index contributed by atoms with van der Waals surface area (Å²) < 4.78 is 32.7. The SMILES string of the molecule is CCCCCC/C=C\CCCCCCCC(=O)OC(COC(=O)CCCCCCCCCCCCCCCCCCC)COP(=O)(O)OCC(O)CO. The molecule has 3 unspecified atom stereocenters. The van der Waals surface area contributed by atoms with E-state index in [0.717, 1.165) is 57.8 Å². The zero-order chi connectivity index (χ0) is 39.1. The van der Waals surface area contributed by atoms with Gasteiger partial charge in [-0.15, -0.1) is 0 Å². The average Bonchev–Trinajstić information content (AvgIpc) is 3.14. The Morgan fingerprint density at radius 1 is 0.547 bits per heavy atom. The van der Waals surface area contributed by atoms with Crippen molar-refractivity contribution < 1.29 is 47.8 Å². The molecule has 0 bridgehead atoms. The monoisotopic (exact) mass is 777 g/mol. The molecule has 0 heterocycles. The maximum absolute atomic E-state index is 12.6. The maximum atomic E-state index is 12.6. The number of unbranched alkanes of at least 4 members (excludes halogenated alkanes) is 25. The molecule has 0 radical (unpaired) electrons. The van der Waals surface area contributed by atoms with E-state index < -0.39 is 51.8 Å². The lowest BCUT2D eigenvalue weighted by Gasteiger charge is -2.20. The average molecular weight is 777 g/mol. The van der Waals surface area contributed by atoms with Crippen molar-refractivity contribution in [3.05, 3.63) is 12.2 Å². The van der Waals surface area contributed by atoms with Crippen LogP contribution in [0.1, 0.15) is 206 Å². The molecule has 0 aromatic carbocycles. The zero-order valence-corrected chi connectivity index (χ0v) is 34.9. The Balaban J connectivity index is 4.25. The molecule has 0 aliphatic heterocycles. The van der Waals surface area contributed by atoms with Gasteiger partial charge in [-0.2, -0.15) is 0 Å². The van der Waals surface area contributed by atoms with Crippen molar-refractivity contribution >= 4 is 19.8 Å². The molecule has 0 aromatic rings. The molecule has 0 saturated heterocycles. The van der Waals surface area contributed by atoms with Crippen molar-refractivity contribution in [3.63, 3.8) is 0 Å². The lowest BCUT2D eigenvalue weighted by atomic mass is 10.0. The summed E-state index contributed by atoms with van der Waals surface area (Å²) in [6.07, 6.45) is 36.0. The number of phosphoric acid groups is 1. The van der Waals surface area contributed by atoms with Crippen LogP contribution in [0.5, 0.6) is 0 Å². The molecule has 0 rings (SSSR count). The molecule has 0 saturated carbocycles. The molecule has 0 aliphatic rings. The summed E-state index contributed by atoms with van der Waals surface area (Å²) in [4.78, 5) is 34.9. The Bertz CT molecular complexity index is 899. The van der Waals surface area contributed by atoms with E-state index in [2.05, 4.69) is 30.5 Å². The van der Waals surface area contributed by atoms with Gasteiger partial charge in [0.05, 0.1) is 19.8 Å². The highest BCUT2D eigenvalue weighted by Crippen LogP contribution is 2.43. The van der Waals surface area contributed by atoms with Crippen LogP contribution in [0.25, 0.3) is 0 Å². The summed E-state index contributed by atoms with van der Waals surface area (Å²) >= 11 is 0. The van der Waals surface area contributed by atoms with Crippen LogP contribution in [0.4, 0.5) is 0 Å².